The van der Waals surface area contributed by atoms with Gasteiger partial charge in [-0.25, -0.2) is 0 Å². The van der Waals surface area contributed by atoms with Gasteiger partial charge >= 0.3 is 0 Å². The monoisotopic (exact) mass is 167 g/mol. The molecule has 0 spiro atoms. The van der Waals surface area contributed by atoms with Crippen LogP contribution in [0.25, 0.3) is 0 Å². The fraction of sp³-hybridized carbons (Fsp3) is 0.857. The smallest absolute Gasteiger partial charge is 0.0310 e. The molecule has 2 atom stereocenters. The fourth-order valence-corrected chi connectivity index (χ4v) is 0.808. The van der Waals surface area contributed by atoms with Crippen molar-refractivity contribution >= 4 is 23.2 Å². The van der Waals surface area contributed by atoms with Gasteiger partial charge in [-0.2, -0.15) is 0 Å². The van der Waals surface area contributed by atoms with Crippen molar-refractivity contribution in [2.45, 2.75) is 37.4 Å². The lowest BCUT2D eigenvalue weighted by atomic mass is 10.2. The van der Waals surface area contributed by atoms with Crippen molar-refractivity contribution in [2.75, 3.05) is 0 Å². The molecule has 0 saturated heterocycles. The summed E-state index contributed by atoms with van der Waals surface area (Å²) in [5.74, 6) is 0. The van der Waals surface area contributed by atoms with Gasteiger partial charge in [-0.15, -0.1) is 23.2 Å². The lowest BCUT2D eigenvalue weighted by molar-refractivity contribution is 0.806. The molecule has 0 aliphatic carbocycles. The standard InChI is InChI=1S/C7H13Cl2/c1-6(8)4-3-5-7(2)9/h3,6-7H,4-5H2,1-2H3. The van der Waals surface area contributed by atoms with Crippen molar-refractivity contribution in [3.05, 3.63) is 6.42 Å². The molecule has 0 aromatic rings. The maximum Gasteiger partial charge on any atom is 0.0310 e. The Kier molecular flexibility index (Phi) is 5.72. The molecule has 1 radical (unpaired) electrons. The Hall–Kier alpha value is 0.580. The third-order valence-electron chi connectivity index (χ3n) is 0.983. The normalized spacial score (nSPS) is 17.3. The van der Waals surface area contributed by atoms with Gasteiger partial charge in [-0.3, -0.25) is 0 Å². The molecule has 2 unspecified atom stereocenters. The van der Waals surface area contributed by atoms with E-state index in [9.17, 15) is 0 Å². The van der Waals surface area contributed by atoms with Crippen LogP contribution < -0.4 is 0 Å². The van der Waals surface area contributed by atoms with Gasteiger partial charge in [0.1, 0.15) is 0 Å². The first kappa shape index (κ1) is 9.58. The largest absolute Gasteiger partial charge is 0.123 e. The van der Waals surface area contributed by atoms with Crippen LogP contribution in [-0.4, -0.2) is 10.8 Å². The van der Waals surface area contributed by atoms with E-state index < -0.39 is 0 Å². The first-order chi connectivity index (χ1) is 4.13. The van der Waals surface area contributed by atoms with Crippen LogP contribution in [0.2, 0.25) is 0 Å². The van der Waals surface area contributed by atoms with E-state index in [-0.39, 0.29) is 10.8 Å². The SMILES string of the molecule is CC(Cl)C[CH]CC(C)Cl. The van der Waals surface area contributed by atoms with Gasteiger partial charge < -0.3 is 0 Å². The van der Waals surface area contributed by atoms with Crippen LogP contribution in [0.15, 0.2) is 0 Å². The summed E-state index contributed by atoms with van der Waals surface area (Å²) in [6.07, 6.45) is 4.05. The molecule has 2 heteroatoms. The van der Waals surface area contributed by atoms with Crippen LogP contribution in [0.4, 0.5) is 0 Å². The zero-order chi connectivity index (χ0) is 7.28. The van der Waals surface area contributed by atoms with Crippen molar-refractivity contribution in [1.82, 2.24) is 0 Å². The summed E-state index contributed by atoms with van der Waals surface area (Å²) >= 11 is 11.4. The summed E-state index contributed by atoms with van der Waals surface area (Å²) in [4.78, 5) is 0. The van der Waals surface area contributed by atoms with Crippen LogP contribution in [-0.2, 0) is 0 Å². The van der Waals surface area contributed by atoms with Crippen LogP contribution in [0.1, 0.15) is 26.7 Å². The number of halogens is 2. The zero-order valence-electron chi connectivity index (χ0n) is 5.90. The van der Waals surface area contributed by atoms with Crippen LogP contribution >= 0.6 is 23.2 Å². The number of alkyl halides is 2. The quantitative estimate of drug-likeness (QED) is 0.565. The molecule has 0 nitrogen and oxygen atoms in total. The van der Waals surface area contributed by atoms with Crippen molar-refractivity contribution in [2.24, 2.45) is 0 Å². The van der Waals surface area contributed by atoms with E-state index in [2.05, 4.69) is 6.42 Å². The van der Waals surface area contributed by atoms with E-state index in [1.54, 1.807) is 0 Å². The highest BCUT2D eigenvalue weighted by molar-refractivity contribution is 6.20. The molecule has 0 bridgehead atoms. The first-order valence-corrected chi connectivity index (χ1v) is 4.10. The highest BCUT2D eigenvalue weighted by Gasteiger charge is 1.98. The van der Waals surface area contributed by atoms with E-state index in [1.165, 1.54) is 0 Å². The molecule has 0 aromatic heterocycles. The second-order valence-electron chi connectivity index (χ2n) is 2.32. The molecule has 0 amide bonds. The molecular weight excluding hydrogens is 155 g/mol. The lowest BCUT2D eigenvalue weighted by Crippen LogP contribution is -1.95. The second kappa shape index (κ2) is 5.37. The summed E-state index contributed by atoms with van der Waals surface area (Å²) in [7, 11) is 0. The predicted octanol–water partition coefficient (Wildman–Crippen LogP) is 3.23. The second-order valence-corrected chi connectivity index (χ2v) is 3.81. The topological polar surface area (TPSA) is 0 Å². The Morgan fingerprint density at radius 3 is 1.67 bits per heavy atom. The Morgan fingerprint density at radius 1 is 1.11 bits per heavy atom. The van der Waals surface area contributed by atoms with Gasteiger partial charge in [0.05, 0.1) is 0 Å². The van der Waals surface area contributed by atoms with Gasteiger partial charge in [-0.1, -0.05) is 0 Å². The maximum atomic E-state index is 5.69. The Labute approximate surface area is 67.5 Å². The van der Waals surface area contributed by atoms with Crippen molar-refractivity contribution in [1.29, 1.82) is 0 Å². The van der Waals surface area contributed by atoms with Crippen LogP contribution in [0.3, 0.4) is 0 Å². The summed E-state index contributed by atoms with van der Waals surface area (Å²) in [6.45, 7) is 3.97. The highest BCUT2D eigenvalue weighted by Crippen LogP contribution is 2.09. The van der Waals surface area contributed by atoms with Crippen molar-refractivity contribution in [3.8, 4) is 0 Å². The molecule has 0 saturated carbocycles. The molecule has 55 valence electrons. The molecule has 0 aromatic carbocycles. The number of hydrogen-bond acceptors (Lipinski definition) is 0. The minimum absolute atomic E-state index is 0.250. The summed E-state index contributed by atoms with van der Waals surface area (Å²) in [5, 5.41) is 0.501. The summed E-state index contributed by atoms with van der Waals surface area (Å²) < 4.78 is 0. The van der Waals surface area contributed by atoms with E-state index in [4.69, 9.17) is 23.2 Å². The predicted molar refractivity (Wildman–Crippen MR) is 44.2 cm³/mol. The van der Waals surface area contributed by atoms with Gasteiger partial charge in [0.25, 0.3) is 0 Å². The van der Waals surface area contributed by atoms with Crippen LogP contribution in [0, 0.1) is 6.42 Å². The van der Waals surface area contributed by atoms with Crippen molar-refractivity contribution < 1.29 is 0 Å². The Bertz CT molecular complexity index is 51.9. The third-order valence-corrected chi connectivity index (χ3v) is 1.34. The van der Waals surface area contributed by atoms with Gasteiger partial charge in [0.15, 0.2) is 0 Å². The minimum Gasteiger partial charge on any atom is -0.123 e. The number of hydrogen-bond donors (Lipinski definition) is 0. The van der Waals surface area contributed by atoms with E-state index in [1.807, 2.05) is 13.8 Å². The summed E-state index contributed by atoms with van der Waals surface area (Å²) in [5.41, 5.74) is 0. The fourth-order valence-electron chi connectivity index (χ4n) is 0.556. The molecule has 0 heterocycles. The van der Waals surface area contributed by atoms with E-state index >= 15 is 0 Å². The van der Waals surface area contributed by atoms with Gasteiger partial charge in [0, 0.05) is 10.8 Å². The molecule has 0 rings (SSSR count). The first-order valence-electron chi connectivity index (χ1n) is 3.22. The summed E-state index contributed by atoms with van der Waals surface area (Å²) in [6, 6.07) is 0. The third kappa shape index (κ3) is 8.58. The molecular formula is C7H13Cl2. The van der Waals surface area contributed by atoms with Gasteiger partial charge in [0.2, 0.25) is 0 Å². The average molecular weight is 168 g/mol. The molecule has 0 N–H and O–H groups in total. The minimum atomic E-state index is 0.250. The Balaban J connectivity index is 2.91. The molecule has 0 fully saturated rings. The maximum absolute atomic E-state index is 5.69. The van der Waals surface area contributed by atoms with E-state index in [0.717, 1.165) is 12.8 Å². The zero-order valence-corrected chi connectivity index (χ0v) is 7.41. The highest BCUT2D eigenvalue weighted by atomic mass is 35.5. The molecule has 0 aliphatic heterocycles. The Morgan fingerprint density at radius 2 is 1.44 bits per heavy atom. The molecule has 0 aliphatic rings. The van der Waals surface area contributed by atoms with E-state index in [0.29, 0.717) is 0 Å². The van der Waals surface area contributed by atoms with Gasteiger partial charge in [-0.05, 0) is 33.1 Å². The van der Waals surface area contributed by atoms with Crippen molar-refractivity contribution in [3.63, 3.8) is 0 Å². The lowest BCUT2D eigenvalue weighted by Gasteiger charge is -2.02. The molecule has 9 heavy (non-hydrogen) atoms. The van der Waals surface area contributed by atoms with Crippen LogP contribution in [0.5, 0.6) is 0 Å². The average Bonchev–Trinajstić information content (AvgIpc) is 1.63. The number of rotatable bonds is 4.